The number of nitro groups is 2. The van der Waals surface area contributed by atoms with Gasteiger partial charge in [-0.25, -0.2) is 0 Å². The number of nitro benzene ring substituents is 2. The van der Waals surface area contributed by atoms with E-state index in [-0.39, 0.29) is 17.1 Å². The Labute approximate surface area is 112 Å². The highest BCUT2D eigenvalue weighted by molar-refractivity contribution is 5.70. The summed E-state index contributed by atoms with van der Waals surface area (Å²) in [7, 11) is 0. The van der Waals surface area contributed by atoms with Crippen LogP contribution >= 0.6 is 0 Å². The van der Waals surface area contributed by atoms with Crippen molar-refractivity contribution < 1.29 is 14.2 Å². The highest BCUT2D eigenvalue weighted by Gasteiger charge is 2.20. The summed E-state index contributed by atoms with van der Waals surface area (Å²) in [4.78, 5) is 20.0. The summed E-state index contributed by atoms with van der Waals surface area (Å²) in [6, 6.07) is 8.99. The Morgan fingerprint density at radius 1 is 1.00 bits per heavy atom. The van der Waals surface area contributed by atoms with E-state index in [1.807, 2.05) is 0 Å². The molecule has 1 N–H and O–H groups in total. The Balaban J connectivity index is 2.40. The summed E-state index contributed by atoms with van der Waals surface area (Å²) < 4.78 is 13.4. The molecule has 0 amide bonds. The van der Waals surface area contributed by atoms with Gasteiger partial charge in [0.15, 0.2) is 0 Å². The Morgan fingerprint density at radius 3 is 2.35 bits per heavy atom. The minimum Gasteiger partial charge on any atom is -0.350 e. The molecule has 0 aliphatic rings. The van der Waals surface area contributed by atoms with Crippen molar-refractivity contribution in [2.45, 2.75) is 0 Å². The summed E-state index contributed by atoms with van der Waals surface area (Å²) in [6.45, 7) is 0. The van der Waals surface area contributed by atoms with Crippen LogP contribution in [-0.4, -0.2) is 9.85 Å². The van der Waals surface area contributed by atoms with Gasteiger partial charge in [-0.05, 0) is 18.2 Å². The first kappa shape index (κ1) is 13.4. The fourth-order valence-electron chi connectivity index (χ4n) is 1.65. The van der Waals surface area contributed by atoms with E-state index in [1.165, 1.54) is 36.4 Å². The topological polar surface area (TPSA) is 98.3 Å². The Kier molecular flexibility index (Phi) is 3.56. The molecule has 102 valence electrons. The van der Waals surface area contributed by atoms with E-state index in [0.29, 0.717) is 0 Å². The molecular formula is C12H8FN3O4. The molecule has 8 heteroatoms. The second kappa shape index (κ2) is 5.31. The molecule has 20 heavy (non-hydrogen) atoms. The van der Waals surface area contributed by atoms with Crippen LogP contribution in [0.1, 0.15) is 0 Å². The van der Waals surface area contributed by atoms with Crippen LogP contribution in [0.2, 0.25) is 0 Å². The van der Waals surface area contributed by atoms with Crippen molar-refractivity contribution >= 4 is 22.7 Å². The van der Waals surface area contributed by atoms with Gasteiger partial charge < -0.3 is 5.32 Å². The van der Waals surface area contributed by atoms with Crippen molar-refractivity contribution in [2.75, 3.05) is 5.32 Å². The van der Waals surface area contributed by atoms with Gasteiger partial charge in [-0.2, -0.15) is 4.39 Å². The van der Waals surface area contributed by atoms with Gasteiger partial charge in [-0.3, -0.25) is 20.2 Å². The summed E-state index contributed by atoms with van der Waals surface area (Å²) >= 11 is 0. The molecule has 2 aromatic carbocycles. The van der Waals surface area contributed by atoms with Gasteiger partial charge in [-0.15, -0.1) is 0 Å². The van der Waals surface area contributed by atoms with Crippen molar-refractivity contribution in [3.8, 4) is 0 Å². The van der Waals surface area contributed by atoms with E-state index in [0.717, 1.165) is 6.07 Å². The molecule has 0 unspecified atom stereocenters. The fourth-order valence-corrected chi connectivity index (χ4v) is 1.65. The van der Waals surface area contributed by atoms with Gasteiger partial charge in [-0.1, -0.05) is 12.1 Å². The van der Waals surface area contributed by atoms with Crippen LogP contribution in [0.25, 0.3) is 0 Å². The molecule has 7 nitrogen and oxygen atoms in total. The number of benzene rings is 2. The van der Waals surface area contributed by atoms with Crippen LogP contribution in [0, 0.1) is 26.0 Å². The number of nitrogens with one attached hydrogen (secondary N) is 1. The number of anilines is 2. The highest BCUT2D eigenvalue weighted by atomic mass is 19.1. The average Bonchev–Trinajstić information content (AvgIpc) is 2.38. The van der Waals surface area contributed by atoms with Crippen LogP contribution in [0.5, 0.6) is 0 Å². The molecule has 0 radical (unpaired) electrons. The minimum atomic E-state index is -0.981. The highest BCUT2D eigenvalue weighted by Crippen LogP contribution is 2.30. The van der Waals surface area contributed by atoms with Crippen molar-refractivity contribution in [3.63, 3.8) is 0 Å². The molecule has 0 atom stereocenters. The lowest BCUT2D eigenvalue weighted by Gasteiger charge is -2.07. The number of nitrogens with zero attached hydrogens (tertiary/aromatic N) is 2. The lowest BCUT2D eigenvalue weighted by molar-refractivity contribution is -0.386. The standard InChI is InChI=1S/C12H8FN3O4/c13-10-5-2-6-11(12(10)16(19)20)14-8-3-1-4-9(7-8)15(17)18/h1-7,14H. The monoisotopic (exact) mass is 277 g/mol. The van der Waals surface area contributed by atoms with E-state index in [9.17, 15) is 24.6 Å². The van der Waals surface area contributed by atoms with Crippen LogP contribution in [0.15, 0.2) is 42.5 Å². The van der Waals surface area contributed by atoms with Gasteiger partial charge in [0.2, 0.25) is 5.82 Å². The zero-order valence-electron chi connectivity index (χ0n) is 9.95. The second-order valence-corrected chi connectivity index (χ2v) is 3.83. The van der Waals surface area contributed by atoms with Gasteiger partial charge in [0.05, 0.1) is 9.85 Å². The Bertz CT molecular complexity index is 690. The molecule has 0 fully saturated rings. The van der Waals surface area contributed by atoms with E-state index in [4.69, 9.17) is 0 Å². The van der Waals surface area contributed by atoms with Crippen LogP contribution in [0.3, 0.4) is 0 Å². The van der Waals surface area contributed by atoms with E-state index < -0.39 is 21.4 Å². The van der Waals surface area contributed by atoms with Crippen LogP contribution in [-0.2, 0) is 0 Å². The molecule has 0 bridgehead atoms. The molecule has 0 aromatic heterocycles. The zero-order chi connectivity index (χ0) is 14.7. The Hall–Kier alpha value is -3.03. The SMILES string of the molecule is O=[N+]([O-])c1cccc(Nc2cccc(F)c2[N+](=O)[O-])c1. The lowest BCUT2D eigenvalue weighted by Crippen LogP contribution is -2.00. The number of para-hydroxylation sites is 1. The van der Waals surface area contributed by atoms with Crippen LogP contribution in [0.4, 0.5) is 27.1 Å². The third kappa shape index (κ3) is 2.69. The molecule has 0 spiro atoms. The largest absolute Gasteiger partial charge is 0.350 e. The summed E-state index contributed by atoms with van der Waals surface area (Å²) in [5.41, 5.74) is -0.698. The first-order valence-corrected chi connectivity index (χ1v) is 5.43. The summed E-state index contributed by atoms with van der Waals surface area (Å²) in [6.07, 6.45) is 0. The quantitative estimate of drug-likeness (QED) is 0.682. The van der Waals surface area contributed by atoms with Crippen LogP contribution < -0.4 is 5.32 Å². The van der Waals surface area contributed by atoms with E-state index in [1.54, 1.807) is 0 Å². The molecular weight excluding hydrogens is 269 g/mol. The number of hydrogen-bond donors (Lipinski definition) is 1. The number of non-ortho nitro benzene ring substituents is 1. The summed E-state index contributed by atoms with van der Waals surface area (Å²) in [5.74, 6) is -0.981. The third-order valence-corrected chi connectivity index (χ3v) is 2.51. The average molecular weight is 277 g/mol. The molecule has 0 aliphatic carbocycles. The van der Waals surface area contributed by atoms with Gasteiger partial charge in [0.25, 0.3) is 5.69 Å². The molecule has 2 rings (SSSR count). The summed E-state index contributed by atoms with van der Waals surface area (Å²) in [5, 5.41) is 24.1. The second-order valence-electron chi connectivity index (χ2n) is 3.83. The first-order chi connectivity index (χ1) is 9.49. The molecule has 0 saturated carbocycles. The van der Waals surface area contributed by atoms with Crippen molar-refractivity contribution in [1.29, 1.82) is 0 Å². The Morgan fingerprint density at radius 2 is 1.70 bits per heavy atom. The number of halogens is 1. The number of rotatable bonds is 4. The predicted octanol–water partition coefficient (Wildman–Crippen LogP) is 3.39. The molecule has 0 saturated heterocycles. The van der Waals surface area contributed by atoms with Crippen molar-refractivity contribution in [2.24, 2.45) is 0 Å². The van der Waals surface area contributed by atoms with E-state index in [2.05, 4.69) is 5.32 Å². The third-order valence-electron chi connectivity index (χ3n) is 2.51. The normalized spacial score (nSPS) is 10.1. The first-order valence-electron chi connectivity index (χ1n) is 5.43. The lowest BCUT2D eigenvalue weighted by atomic mass is 10.2. The smallest absolute Gasteiger partial charge is 0.327 e. The van der Waals surface area contributed by atoms with Gasteiger partial charge in [0, 0.05) is 17.8 Å². The minimum absolute atomic E-state index is 0.0736. The van der Waals surface area contributed by atoms with E-state index >= 15 is 0 Å². The maximum Gasteiger partial charge on any atom is 0.327 e. The molecule has 0 heterocycles. The van der Waals surface area contributed by atoms with Gasteiger partial charge in [0.1, 0.15) is 5.69 Å². The molecule has 0 aliphatic heterocycles. The molecule has 2 aromatic rings. The van der Waals surface area contributed by atoms with Crippen molar-refractivity contribution in [1.82, 2.24) is 0 Å². The van der Waals surface area contributed by atoms with Gasteiger partial charge >= 0.3 is 5.69 Å². The number of hydrogen-bond acceptors (Lipinski definition) is 5. The maximum absolute atomic E-state index is 13.4. The maximum atomic E-state index is 13.4. The predicted molar refractivity (Wildman–Crippen MR) is 69.4 cm³/mol. The fraction of sp³-hybridized carbons (Fsp3) is 0. The van der Waals surface area contributed by atoms with Crippen molar-refractivity contribution in [3.05, 3.63) is 68.5 Å². The zero-order valence-corrected chi connectivity index (χ0v) is 9.95.